The highest BCUT2D eigenvalue weighted by Gasteiger charge is 2.25. The molecule has 7 nitrogen and oxygen atoms in total. The first kappa shape index (κ1) is 14.8. The molecule has 1 atom stereocenters. The molecule has 0 aliphatic heterocycles. The van der Waals surface area contributed by atoms with Crippen molar-refractivity contribution in [2.45, 2.75) is 10.9 Å². The lowest BCUT2D eigenvalue weighted by Crippen LogP contribution is -2.43. The first-order chi connectivity index (χ1) is 8.40. The fourth-order valence-corrected chi connectivity index (χ4v) is 2.54. The van der Waals surface area contributed by atoms with Gasteiger partial charge in [0.1, 0.15) is 11.2 Å². The fraction of sp³-hybridized carbons (Fsp3) is 0.333. The van der Waals surface area contributed by atoms with E-state index in [0.29, 0.717) is 0 Å². The van der Waals surface area contributed by atoms with Crippen molar-refractivity contribution >= 4 is 27.6 Å². The Morgan fingerprint density at radius 1 is 1.67 bits per heavy atom. The molecule has 0 saturated heterocycles. The fourth-order valence-electron chi connectivity index (χ4n) is 1.11. The molecule has 0 radical (unpaired) electrons. The van der Waals surface area contributed by atoms with Crippen molar-refractivity contribution in [1.82, 2.24) is 9.71 Å². The van der Waals surface area contributed by atoms with E-state index < -0.39 is 28.6 Å². The Morgan fingerprint density at radius 2 is 2.33 bits per heavy atom. The summed E-state index contributed by atoms with van der Waals surface area (Å²) in [6.07, 6.45) is 1.21. The van der Waals surface area contributed by atoms with Gasteiger partial charge in [-0.3, -0.25) is 4.79 Å². The second-order valence-electron chi connectivity index (χ2n) is 3.19. The Labute approximate surface area is 109 Å². The zero-order chi connectivity index (χ0) is 13.8. The number of aliphatic hydroxyl groups excluding tert-OH is 1. The van der Waals surface area contributed by atoms with Crippen molar-refractivity contribution in [3.05, 3.63) is 23.5 Å². The van der Waals surface area contributed by atoms with E-state index in [1.165, 1.54) is 12.3 Å². The molecule has 0 amide bonds. The Hall–Kier alpha value is -1.22. The van der Waals surface area contributed by atoms with Crippen LogP contribution < -0.4 is 4.72 Å². The number of methoxy groups -OCH3 is 1. The summed E-state index contributed by atoms with van der Waals surface area (Å²) >= 11 is 5.57. The Balaban J connectivity index is 2.97. The molecule has 1 aromatic heterocycles. The van der Waals surface area contributed by atoms with Crippen LogP contribution in [0, 0.1) is 0 Å². The summed E-state index contributed by atoms with van der Waals surface area (Å²) < 4.78 is 30.1. The van der Waals surface area contributed by atoms with Gasteiger partial charge in [-0.25, -0.2) is 13.4 Å². The van der Waals surface area contributed by atoms with Gasteiger partial charge in [-0.1, -0.05) is 11.6 Å². The number of carbonyl (C=O) groups is 1. The van der Waals surface area contributed by atoms with Crippen molar-refractivity contribution < 1.29 is 23.1 Å². The number of hydrogen-bond donors (Lipinski definition) is 2. The van der Waals surface area contributed by atoms with Crippen LogP contribution in [-0.2, 0) is 19.6 Å². The van der Waals surface area contributed by atoms with Crippen LogP contribution in [0.1, 0.15) is 0 Å². The van der Waals surface area contributed by atoms with Gasteiger partial charge in [0.15, 0.2) is 0 Å². The van der Waals surface area contributed by atoms with E-state index >= 15 is 0 Å². The summed E-state index contributed by atoms with van der Waals surface area (Å²) in [6.45, 7) is -0.718. The normalized spacial score (nSPS) is 13.1. The van der Waals surface area contributed by atoms with Gasteiger partial charge < -0.3 is 9.84 Å². The number of aliphatic hydroxyl groups is 1. The summed E-state index contributed by atoms with van der Waals surface area (Å²) in [4.78, 5) is 14.6. The predicted octanol–water partition coefficient (Wildman–Crippen LogP) is -0.453. The SMILES string of the molecule is COC(=O)C(CO)NS(=O)(=O)c1ccnc(Cl)c1. The lowest BCUT2D eigenvalue weighted by Gasteiger charge is -2.14. The minimum atomic E-state index is -3.98. The lowest BCUT2D eigenvalue weighted by molar-refractivity contribution is -0.143. The number of nitrogens with one attached hydrogen (secondary N) is 1. The van der Waals surface area contributed by atoms with E-state index in [0.717, 1.165) is 13.2 Å². The molecular formula is C9H11ClN2O5S. The first-order valence-corrected chi connectivity index (χ1v) is 6.59. The number of nitrogens with zero attached hydrogens (tertiary/aromatic N) is 1. The van der Waals surface area contributed by atoms with Crippen LogP contribution in [0.2, 0.25) is 5.15 Å². The van der Waals surface area contributed by atoms with Gasteiger partial charge in [-0.2, -0.15) is 4.72 Å². The monoisotopic (exact) mass is 294 g/mol. The highest BCUT2D eigenvalue weighted by Crippen LogP contribution is 2.13. The van der Waals surface area contributed by atoms with Gasteiger partial charge in [-0.05, 0) is 12.1 Å². The highest BCUT2D eigenvalue weighted by molar-refractivity contribution is 7.89. The molecule has 0 aliphatic carbocycles. The van der Waals surface area contributed by atoms with E-state index in [2.05, 4.69) is 9.72 Å². The molecule has 100 valence electrons. The molecule has 2 N–H and O–H groups in total. The van der Waals surface area contributed by atoms with Crippen molar-refractivity contribution in [2.75, 3.05) is 13.7 Å². The number of carbonyl (C=O) groups excluding carboxylic acids is 1. The summed E-state index contributed by atoms with van der Waals surface area (Å²) in [6, 6.07) is 0.960. The average molecular weight is 295 g/mol. The number of rotatable bonds is 5. The zero-order valence-electron chi connectivity index (χ0n) is 9.33. The predicted molar refractivity (Wildman–Crippen MR) is 62.5 cm³/mol. The quantitative estimate of drug-likeness (QED) is 0.563. The Morgan fingerprint density at radius 3 is 2.83 bits per heavy atom. The first-order valence-electron chi connectivity index (χ1n) is 4.73. The largest absolute Gasteiger partial charge is 0.468 e. The summed E-state index contributed by atoms with van der Waals surface area (Å²) in [5.41, 5.74) is 0. The molecule has 1 unspecified atom stereocenters. The second-order valence-corrected chi connectivity index (χ2v) is 5.30. The van der Waals surface area contributed by atoms with Gasteiger partial charge in [0, 0.05) is 6.20 Å². The van der Waals surface area contributed by atoms with E-state index in [4.69, 9.17) is 16.7 Å². The third-order valence-electron chi connectivity index (χ3n) is 1.97. The number of ether oxygens (including phenoxy) is 1. The van der Waals surface area contributed by atoms with E-state index in [1.54, 1.807) is 0 Å². The molecule has 0 bridgehead atoms. The maximum Gasteiger partial charge on any atom is 0.326 e. The topological polar surface area (TPSA) is 106 Å². The molecule has 1 heterocycles. The molecule has 1 aromatic rings. The maximum atomic E-state index is 11.9. The smallest absolute Gasteiger partial charge is 0.326 e. The van der Waals surface area contributed by atoms with E-state index in [9.17, 15) is 13.2 Å². The maximum absolute atomic E-state index is 11.9. The van der Waals surface area contributed by atoms with Crippen LogP contribution in [0.25, 0.3) is 0 Å². The number of halogens is 1. The summed E-state index contributed by atoms with van der Waals surface area (Å²) in [7, 11) is -2.90. The van der Waals surface area contributed by atoms with Crippen LogP contribution in [0.3, 0.4) is 0 Å². The molecular weight excluding hydrogens is 284 g/mol. The summed E-state index contributed by atoms with van der Waals surface area (Å²) in [5, 5.41) is 8.92. The summed E-state index contributed by atoms with van der Waals surface area (Å²) in [5.74, 6) is -0.888. The number of sulfonamides is 1. The van der Waals surface area contributed by atoms with Crippen molar-refractivity contribution in [1.29, 1.82) is 0 Å². The number of esters is 1. The van der Waals surface area contributed by atoms with Crippen molar-refractivity contribution in [3.63, 3.8) is 0 Å². The van der Waals surface area contributed by atoms with Crippen molar-refractivity contribution in [2.24, 2.45) is 0 Å². The third kappa shape index (κ3) is 3.64. The minimum Gasteiger partial charge on any atom is -0.468 e. The Bertz CT molecular complexity index is 534. The number of hydrogen-bond acceptors (Lipinski definition) is 6. The molecule has 1 rings (SSSR count). The minimum absolute atomic E-state index is 0.00325. The molecule has 0 aliphatic rings. The standard InChI is InChI=1S/C9H11ClN2O5S/c1-17-9(14)7(5-13)12-18(15,16)6-2-3-11-8(10)4-6/h2-4,7,12-13H,5H2,1H3. The highest BCUT2D eigenvalue weighted by atomic mass is 35.5. The van der Waals surface area contributed by atoms with Gasteiger partial charge >= 0.3 is 5.97 Å². The van der Waals surface area contributed by atoms with Crippen LogP contribution in [0.5, 0.6) is 0 Å². The van der Waals surface area contributed by atoms with Crippen LogP contribution >= 0.6 is 11.6 Å². The van der Waals surface area contributed by atoms with Crippen LogP contribution in [0.4, 0.5) is 0 Å². The number of pyridine rings is 1. The molecule has 0 spiro atoms. The van der Waals surface area contributed by atoms with Gasteiger partial charge in [0.05, 0.1) is 18.6 Å². The van der Waals surface area contributed by atoms with Crippen molar-refractivity contribution in [3.8, 4) is 0 Å². The molecule has 0 saturated carbocycles. The number of aromatic nitrogens is 1. The third-order valence-corrected chi connectivity index (χ3v) is 3.65. The molecule has 0 aromatic carbocycles. The van der Waals surface area contributed by atoms with Gasteiger partial charge in [0.2, 0.25) is 10.0 Å². The molecule has 18 heavy (non-hydrogen) atoms. The Kier molecular flexibility index (Phi) is 5.03. The van der Waals surface area contributed by atoms with Crippen LogP contribution in [0.15, 0.2) is 23.2 Å². The lowest BCUT2D eigenvalue weighted by atomic mass is 10.3. The second kappa shape index (κ2) is 6.10. The van der Waals surface area contributed by atoms with E-state index in [1.807, 2.05) is 4.72 Å². The molecule has 0 fully saturated rings. The average Bonchev–Trinajstić information content (AvgIpc) is 2.35. The molecule has 9 heteroatoms. The van der Waals surface area contributed by atoms with Crippen LogP contribution in [-0.4, -0.2) is 44.2 Å². The van der Waals surface area contributed by atoms with Gasteiger partial charge in [0.25, 0.3) is 0 Å². The van der Waals surface area contributed by atoms with Gasteiger partial charge in [-0.15, -0.1) is 0 Å². The zero-order valence-corrected chi connectivity index (χ0v) is 10.9. The van der Waals surface area contributed by atoms with E-state index in [-0.39, 0.29) is 10.0 Å².